The van der Waals surface area contributed by atoms with Crippen LogP contribution in [0.2, 0.25) is 5.82 Å². The van der Waals surface area contributed by atoms with Crippen molar-refractivity contribution >= 4 is 18.6 Å². The Balaban J connectivity index is 1.41. The highest BCUT2D eigenvalue weighted by atomic mass is 16.6. The van der Waals surface area contributed by atoms with E-state index in [1.165, 1.54) is 0 Å². The summed E-state index contributed by atoms with van der Waals surface area (Å²) in [5.41, 5.74) is 10.9. The van der Waals surface area contributed by atoms with E-state index in [0.29, 0.717) is 44.7 Å². The van der Waals surface area contributed by atoms with Gasteiger partial charge < -0.3 is 41.3 Å². The second-order valence-electron chi connectivity index (χ2n) is 8.94. The summed E-state index contributed by atoms with van der Waals surface area (Å²) >= 11 is 0. The smallest absolute Gasteiger partial charge is 0.434 e. The van der Waals surface area contributed by atoms with Crippen LogP contribution in [-0.4, -0.2) is 83.1 Å². The third-order valence-electron chi connectivity index (χ3n) is 6.17. The molecule has 0 radical (unpaired) electrons. The van der Waals surface area contributed by atoms with Crippen LogP contribution in [0.25, 0.3) is 0 Å². The Morgan fingerprint density at radius 1 is 1.39 bits per heavy atom. The SMILES string of the molecule is CC(N)(CN1CC(Oc2ccc3c(c2C(=O)O)O[B-](O)(O)[C@H]2C[C@@H]32)C1)C(=O)NCCN. The number of carboxylic acid groups (broad SMARTS) is 1. The summed E-state index contributed by atoms with van der Waals surface area (Å²) in [4.78, 5) is 26.0. The lowest BCUT2D eigenvalue weighted by molar-refractivity contribution is -0.127. The normalized spacial score (nSPS) is 25.8. The molecule has 4 rings (SSSR count). The van der Waals surface area contributed by atoms with Crippen LogP contribution in [0.3, 0.4) is 0 Å². The van der Waals surface area contributed by atoms with Crippen molar-refractivity contribution < 1.29 is 34.1 Å². The number of nitrogens with two attached hydrogens (primary N) is 2. The molecule has 0 aromatic heterocycles. The Hall–Kier alpha value is -2.38. The first-order valence-electron chi connectivity index (χ1n) is 10.4. The number of hydrogen-bond acceptors (Lipinski definition) is 9. The molecule has 2 aliphatic heterocycles. The third-order valence-corrected chi connectivity index (χ3v) is 6.17. The van der Waals surface area contributed by atoms with Crippen LogP contribution in [0.15, 0.2) is 12.1 Å². The standard InChI is InChI=1S/C19H28BN4O7/c1-19(22,18(27)23-5-4-21)9-24-7-10(8-24)30-14-3-2-11-12-6-13(12)20(28,29)31-16(11)15(14)17(25)26/h2-3,10,12-13,28-29H,4-9,21-22H2,1H3,(H,23,27)(H,25,26)/q-1/t12-,13-,19?/m0/s1. The van der Waals surface area contributed by atoms with Gasteiger partial charge in [-0.1, -0.05) is 18.3 Å². The fourth-order valence-electron chi connectivity index (χ4n) is 4.44. The first kappa shape index (κ1) is 21.8. The molecule has 3 atom stereocenters. The Kier molecular flexibility index (Phi) is 5.38. The Morgan fingerprint density at radius 2 is 2.10 bits per heavy atom. The summed E-state index contributed by atoms with van der Waals surface area (Å²) in [6.07, 6.45) is 0.253. The van der Waals surface area contributed by atoms with Gasteiger partial charge in [-0.3, -0.25) is 9.69 Å². The van der Waals surface area contributed by atoms with E-state index in [-0.39, 0.29) is 35.0 Å². The van der Waals surface area contributed by atoms with Gasteiger partial charge in [0.2, 0.25) is 5.91 Å². The van der Waals surface area contributed by atoms with Gasteiger partial charge in [0.1, 0.15) is 23.0 Å². The van der Waals surface area contributed by atoms with Crippen LogP contribution in [-0.2, 0) is 4.79 Å². The highest BCUT2D eigenvalue weighted by Crippen LogP contribution is 2.63. The number of carbonyl (C=O) groups is 2. The zero-order valence-corrected chi connectivity index (χ0v) is 17.3. The number of nitrogens with one attached hydrogen (secondary N) is 1. The molecule has 170 valence electrons. The van der Waals surface area contributed by atoms with E-state index in [2.05, 4.69) is 5.32 Å². The van der Waals surface area contributed by atoms with Gasteiger partial charge in [0.15, 0.2) is 0 Å². The van der Waals surface area contributed by atoms with Crippen molar-refractivity contribution in [2.24, 2.45) is 11.5 Å². The first-order chi connectivity index (χ1) is 14.5. The van der Waals surface area contributed by atoms with Gasteiger partial charge in [-0.15, -0.1) is 0 Å². The molecule has 1 unspecified atom stereocenters. The number of aromatic carboxylic acids is 1. The molecule has 11 nitrogen and oxygen atoms in total. The van der Waals surface area contributed by atoms with Crippen LogP contribution >= 0.6 is 0 Å². The summed E-state index contributed by atoms with van der Waals surface area (Å²) in [7, 11) is 0. The maximum absolute atomic E-state index is 12.1. The minimum Gasteiger partial charge on any atom is -0.669 e. The Labute approximate surface area is 179 Å². The number of nitrogens with zero attached hydrogens (tertiary/aromatic N) is 1. The van der Waals surface area contributed by atoms with E-state index < -0.39 is 24.1 Å². The molecule has 1 saturated carbocycles. The Morgan fingerprint density at radius 3 is 2.74 bits per heavy atom. The lowest BCUT2D eigenvalue weighted by Gasteiger charge is -2.43. The average molecular weight is 435 g/mol. The molecule has 2 heterocycles. The summed E-state index contributed by atoms with van der Waals surface area (Å²) in [6.45, 7) is 0.465. The fourth-order valence-corrected chi connectivity index (χ4v) is 4.44. The minimum absolute atomic E-state index is 0.0314. The second kappa shape index (κ2) is 7.64. The van der Waals surface area contributed by atoms with Gasteiger partial charge in [0.05, 0.1) is 5.75 Å². The lowest BCUT2D eigenvalue weighted by atomic mass is 9.68. The van der Waals surface area contributed by atoms with Crippen LogP contribution in [0.5, 0.6) is 11.5 Å². The van der Waals surface area contributed by atoms with Gasteiger partial charge >= 0.3 is 12.7 Å². The molecule has 1 aliphatic carbocycles. The maximum Gasteiger partial charge on any atom is 0.434 e. The van der Waals surface area contributed by atoms with Crippen molar-refractivity contribution in [1.29, 1.82) is 0 Å². The summed E-state index contributed by atoms with van der Waals surface area (Å²) < 4.78 is 11.2. The molecule has 1 saturated heterocycles. The molecule has 0 spiro atoms. The van der Waals surface area contributed by atoms with Crippen LogP contribution in [0.1, 0.15) is 35.2 Å². The van der Waals surface area contributed by atoms with Crippen molar-refractivity contribution in [3.05, 3.63) is 23.3 Å². The molecular weight excluding hydrogens is 407 g/mol. The summed E-state index contributed by atoms with van der Waals surface area (Å²) in [5.74, 6) is -1.99. The quantitative estimate of drug-likeness (QED) is 0.261. The van der Waals surface area contributed by atoms with Crippen LogP contribution < -0.4 is 26.2 Å². The zero-order valence-electron chi connectivity index (χ0n) is 17.3. The largest absolute Gasteiger partial charge is 0.669 e. The Bertz CT molecular complexity index is 903. The third kappa shape index (κ3) is 4.09. The van der Waals surface area contributed by atoms with Gasteiger partial charge in [-0.2, -0.15) is 0 Å². The number of likely N-dealkylation sites (tertiary alicyclic amines) is 1. The number of rotatable bonds is 8. The number of hydrogen-bond donors (Lipinski definition) is 6. The zero-order chi connectivity index (χ0) is 22.6. The van der Waals surface area contributed by atoms with E-state index in [9.17, 15) is 24.7 Å². The molecule has 1 aromatic rings. The predicted octanol–water partition coefficient (Wildman–Crippen LogP) is -1.59. The summed E-state index contributed by atoms with van der Waals surface area (Å²) in [5, 5.41) is 32.6. The molecule has 1 aromatic carbocycles. The van der Waals surface area contributed by atoms with Crippen molar-refractivity contribution in [1.82, 2.24) is 10.2 Å². The topological polar surface area (TPSA) is 181 Å². The van der Waals surface area contributed by atoms with Crippen molar-refractivity contribution in [2.45, 2.75) is 36.7 Å². The molecule has 3 aliphatic rings. The minimum atomic E-state index is -3.09. The van der Waals surface area contributed by atoms with Crippen LogP contribution in [0, 0.1) is 0 Å². The number of amides is 1. The number of fused-ring (bicyclic) bond motifs is 3. The molecule has 2 fully saturated rings. The molecule has 1 amide bonds. The number of ether oxygens (including phenoxy) is 1. The lowest BCUT2D eigenvalue weighted by Crippen LogP contribution is -2.64. The van der Waals surface area contributed by atoms with E-state index in [1.807, 2.05) is 4.90 Å². The van der Waals surface area contributed by atoms with Gasteiger partial charge in [-0.05, 0) is 24.5 Å². The van der Waals surface area contributed by atoms with E-state index in [0.717, 1.165) is 0 Å². The monoisotopic (exact) mass is 435 g/mol. The van der Waals surface area contributed by atoms with Gasteiger partial charge in [0, 0.05) is 32.7 Å². The van der Waals surface area contributed by atoms with Gasteiger partial charge in [0.25, 0.3) is 0 Å². The van der Waals surface area contributed by atoms with Crippen molar-refractivity contribution in [3.8, 4) is 11.5 Å². The molecule has 31 heavy (non-hydrogen) atoms. The van der Waals surface area contributed by atoms with E-state index in [1.54, 1.807) is 19.1 Å². The molecule has 8 N–H and O–H groups in total. The highest BCUT2D eigenvalue weighted by molar-refractivity contribution is 6.62. The van der Waals surface area contributed by atoms with Crippen molar-refractivity contribution in [2.75, 3.05) is 32.7 Å². The van der Waals surface area contributed by atoms with E-state index >= 15 is 0 Å². The molecule has 0 bridgehead atoms. The second-order valence-corrected chi connectivity index (χ2v) is 8.94. The first-order valence-corrected chi connectivity index (χ1v) is 10.4. The maximum atomic E-state index is 12.1. The molecule has 12 heteroatoms. The summed E-state index contributed by atoms with van der Waals surface area (Å²) in [6, 6.07) is 3.31. The fraction of sp³-hybridized carbons (Fsp3) is 0.579. The molecular formula is C19H28BN4O7-. The number of benzene rings is 1. The van der Waals surface area contributed by atoms with Gasteiger partial charge in [-0.25, -0.2) is 4.79 Å². The van der Waals surface area contributed by atoms with E-state index in [4.69, 9.17) is 20.9 Å². The number of carbonyl (C=O) groups excluding carboxylic acids is 1. The van der Waals surface area contributed by atoms with Crippen molar-refractivity contribution in [3.63, 3.8) is 0 Å². The predicted molar refractivity (Wildman–Crippen MR) is 111 cm³/mol. The highest BCUT2D eigenvalue weighted by Gasteiger charge is 2.55. The number of carboxylic acids is 1. The van der Waals surface area contributed by atoms with Crippen LogP contribution in [0.4, 0.5) is 0 Å². The average Bonchev–Trinajstić information content (AvgIpc) is 3.45.